The topological polar surface area (TPSA) is 12.4 Å². The number of hydrogen-bond donors (Lipinski definition) is 0. The van der Waals surface area contributed by atoms with Crippen molar-refractivity contribution < 1.29 is 0 Å². The van der Waals surface area contributed by atoms with Crippen LogP contribution in [0.15, 0.2) is 64.5 Å². The fourth-order valence-electron chi connectivity index (χ4n) is 1.82. The van der Waals surface area contributed by atoms with E-state index < -0.39 is 7.22 Å². The van der Waals surface area contributed by atoms with E-state index in [0.717, 1.165) is 6.54 Å². The van der Waals surface area contributed by atoms with Crippen LogP contribution in [0.3, 0.4) is 0 Å². The third-order valence-electron chi connectivity index (χ3n) is 2.66. The highest BCUT2D eigenvalue weighted by atomic mass is 32.4. The standard InChI is InChI=1S/C17H21NSSi/c1-20(2,3)19-17-11-9-16(10-12-17)14-18-13-15-7-5-4-6-8-15/h4-12,14H,13H2,1-3H3. The molecule has 0 aliphatic rings. The van der Waals surface area contributed by atoms with Crippen molar-refractivity contribution >= 4 is 24.6 Å². The van der Waals surface area contributed by atoms with Crippen LogP contribution in [0.5, 0.6) is 0 Å². The molecule has 0 radical (unpaired) electrons. The van der Waals surface area contributed by atoms with Crippen molar-refractivity contribution in [2.45, 2.75) is 31.1 Å². The van der Waals surface area contributed by atoms with Crippen LogP contribution >= 0.6 is 11.2 Å². The van der Waals surface area contributed by atoms with E-state index >= 15 is 0 Å². The Kier molecular flexibility index (Phi) is 5.21. The van der Waals surface area contributed by atoms with E-state index in [1.54, 1.807) is 0 Å². The highest BCUT2D eigenvalue weighted by Gasteiger charge is 2.14. The molecule has 0 aliphatic heterocycles. The summed E-state index contributed by atoms with van der Waals surface area (Å²) in [6.07, 6.45) is 1.95. The summed E-state index contributed by atoms with van der Waals surface area (Å²) in [6.45, 7) is 7.85. The van der Waals surface area contributed by atoms with Crippen molar-refractivity contribution in [2.75, 3.05) is 0 Å². The van der Waals surface area contributed by atoms with E-state index in [1.807, 2.05) is 35.6 Å². The van der Waals surface area contributed by atoms with Crippen molar-refractivity contribution in [3.63, 3.8) is 0 Å². The molecule has 3 heteroatoms. The average Bonchev–Trinajstić information content (AvgIpc) is 2.40. The second-order valence-corrected chi connectivity index (χ2v) is 14.9. The quantitative estimate of drug-likeness (QED) is 0.544. The monoisotopic (exact) mass is 299 g/mol. The average molecular weight is 300 g/mol. The Balaban J connectivity index is 1.94. The summed E-state index contributed by atoms with van der Waals surface area (Å²) in [6, 6.07) is 19.0. The zero-order chi connectivity index (χ0) is 14.4. The van der Waals surface area contributed by atoms with Crippen molar-refractivity contribution in [3.8, 4) is 0 Å². The number of benzene rings is 2. The first-order valence-corrected chi connectivity index (χ1v) is 11.9. The molecule has 0 saturated heterocycles. The molecule has 0 aromatic heterocycles. The van der Waals surface area contributed by atoms with Crippen molar-refractivity contribution in [1.29, 1.82) is 0 Å². The molecule has 104 valence electrons. The highest BCUT2D eigenvalue weighted by Crippen LogP contribution is 2.28. The Morgan fingerprint density at radius 1 is 0.950 bits per heavy atom. The van der Waals surface area contributed by atoms with Crippen LogP contribution in [0.25, 0.3) is 0 Å². The lowest BCUT2D eigenvalue weighted by molar-refractivity contribution is 1.08. The molecule has 2 rings (SSSR count). The minimum Gasteiger partial charge on any atom is -0.288 e. The summed E-state index contributed by atoms with van der Waals surface area (Å²) in [5.74, 6) is 0. The van der Waals surface area contributed by atoms with Crippen molar-refractivity contribution in [1.82, 2.24) is 0 Å². The first-order valence-electron chi connectivity index (χ1n) is 6.86. The van der Waals surface area contributed by atoms with Gasteiger partial charge in [-0.15, -0.1) is 0 Å². The number of hydrogen-bond acceptors (Lipinski definition) is 2. The maximum absolute atomic E-state index is 4.49. The first-order chi connectivity index (χ1) is 9.53. The van der Waals surface area contributed by atoms with E-state index in [4.69, 9.17) is 0 Å². The van der Waals surface area contributed by atoms with Gasteiger partial charge in [0.25, 0.3) is 0 Å². The minimum atomic E-state index is -1.10. The zero-order valence-electron chi connectivity index (χ0n) is 12.3. The fourth-order valence-corrected chi connectivity index (χ4v) is 5.32. The number of nitrogens with zero attached hydrogens (tertiary/aromatic N) is 1. The van der Waals surface area contributed by atoms with Crippen LogP contribution in [0.2, 0.25) is 19.6 Å². The van der Waals surface area contributed by atoms with Gasteiger partial charge in [0.15, 0.2) is 0 Å². The molecule has 2 aromatic carbocycles. The Morgan fingerprint density at radius 3 is 2.20 bits per heavy atom. The minimum absolute atomic E-state index is 0.742. The second-order valence-electron chi connectivity index (χ2n) is 5.74. The summed E-state index contributed by atoms with van der Waals surface area (Å²) in [5.41, 5.74) is 2.41. The molecule has 0 aliphatic carbocycles. The molecule has 0 heterocycles. The molecule has 0 unspecified atom stereocenters. The van der Waals surface area contributed by atoms with Gasteiger partial charge in [0.05, 0.1) is 6.54 Å². The zero-order valence-corrected chi connectivity index (χ0v) is 14.2. The normalized spacial score (nSPS) is 11.9. The molecular formula is C17H21NSSi. The van der Waals surface area contributed by atoms with E-state index in [-0.39, 0.29) is 0 Å². The van der Waals surface area contributed by atoms with Crippen LogP contribution in [0.4, 0.5) is 0 Å². The van der Waals surface area contributed by atoms with Crippen LogP contribution in [-0.2, 0) is 6.54 Å². The van der Waals surface area contributed by atoms with Gasteiger partial charge in [-0.2, -0.15) is 11.2 Å². The lowest BCUT2D eigenvalue weighted by Crippen LogP contribution is -2.13. The SMILES string of the molecule is C[Si](C)(C)Sc1ccc(C=NCc2ccccc2)cc1. The van der Waals surface area contributed by atoms with Crippen LogP contribution in [0, 0.1) is 0 Å². The van der Waals surface area contributed by atoms with E-state index in [9.17, 15) is 0 Å². The lowest BCUT2D eigenvalue weighted by atomic mass is 10.2. The predicted octanol–water partition coefficient (Wildman–Crippen LogP) is 5.23. The van der Waals surface area contributed by atoms with Gasteiger partial charge in [0.2, 0.25) is 0 Å². The molecule has 0 atom stereocenters. The summed E-state index contributed by atoms with van der Waals surface area (Å²) >= 11 is 2.02. The van der Waals surface area contributed by atoms with Gasteiger partial charge in [0, 0.05) is 11.1 Å². The third kappa shape index (κ3) is 5.35. The van der Waals surface area contributed by atoms with Gasteiger partial charge in [-0.3, -0.25) is 4.99 Å². The largest absolute Gasteiger partial charge is 0.288 e. The van der Waals surface area contributed by atoms with Gasteiger partial charge >= 0.3 is 0 Å². The van der Waals surface area contributed by atoms with Crippen LogP contribution in [0.1, 0.15) is 11.1 Å². The van der Waals surface area contributed by atoms with Gasteiger partial charge in [-0.05, 0) is 23.3 Å². The van der Waals surface area contributed by atoms with Crippen LogP contribution in [-0.4, -0.2) is 13.4 Å². The second kappa shape index (κ2) is 6.91. The maximum atomic E-state index is 4.49. The summed E-state index contributed by atoms with van der Waals surface area (Å²) in [4.78, 5) is 5.86. The summed E-state index contributed by atoms with van der Waals surface area (Å²) in [5, 5.41) is 0. The molecule has 0 fully saturated rings. The number of aliphatic imine (C=N–C) groups is 1. The fraction of sp³-hybridized carbons (Fsp3) is 0.235. The molecule has 20 heavy (non-hydrogen) atoms. The molecule has 1 nitrogen and oxygen atoms in total. The van der Waals surface area contributed by atoms with Crippen LogP contribution < -0.4 is 0 Å². The van der Waals surface area contributed by atoms with E-state index in [1.165, 1.54) is 16.0 Å². The number of rotatable bonds is 5. The Morgan fingerprint density at radius 2 is 1.60 bits per heavy atom. The molecule has 0 N–H and O–H groups in total. The van der Waals surface area contributed by atoms with Gasteiger partial charge in [0.1, 0.15) is 7.22 Å². The third-order valence-corrected chi connectivity index (χ3v) is 6.33. The predicted molar refractivity (Wildman–Crippen MR) is 93.4 cm³/mol. The Hall–Kier alpha value is -1.32. The van der Waals surface area contributed by atoms with Gasteiger partial charge < -0.3 is 0 Å². The first kappa shape index (κ1) is 15.1. The van der Waals surface area contributed by atoms with Crippen molar-refractivity contribution in [3.05, 3.63) is 65.7 Å². The smallest absolute Gasteiger partial charge is 0.114 e. The molecule has 0 spiro atoms. The molecular weight excluding hydrogens is 278 g/mol. The lowest BCUT2D eigenvalue weighted by Gasteiger charge is -2.14. The molecule has 0 amide bonds. The highest BCUT2D eigenvalue weighted by molar-refractivity contribution is 8.28. The Labute approximate surface area is 126 Å². The van der Waals surface area contributed by atoms with Gasteiger partial charge in [-0.1, -0.05) is 62.1 Å². The summed E-state index contributed by atoms with van der Waals surface area (Å²) in [7, 11) is -1.10. The molecule has 2 aromatic rings. The maximum Gasteiger partial charge on any atom is 0.114 e. The molecule has 0 saturated carbocycles. The van der Waals surface area contributed by atoms with E-state index in [2.05, 4.69) is 61.0 Å². The Bertz CT molecular complexity index is 556. The van der Waals surface area contributed by atoms with E-state index in [0.29, 0.717) is 0 Å². The van der Waals surface area contributed by atoms with Gasteiger partial charge in [-0.25, -0.2) is 0 Å². The molecule has 0 bridgehead atoms. The summed E-state index contributed by atoms with van der Waals surface area (Å²) < 4.78 is 0. The van der Waals surface area contributed by atoms with Crippen molar-refractivity contribution in [2.24, 2.45) is 4.99 Å².